The second-order valence-corrected chi connectivity index (χ2v) is 4.79. The van der Waals surface area contributed by atoms with Crippen molar-refractivity contribution in [3.63, 3.8) is 0 Å². The highest BCUT2D eigenvalue weighted by molar-refractivity contribution is 5.93. The summed E-state index contributed by atoms with van der Waals surface area (Å²) >= 11 is 0. The number of ether oxygens (including phenoxy) is 2. The Bertz CT molecular complexity index is 421. The molecule has 1 atom stereocenters. The summed E-state index contributed by atoms with van der Waals surface area (Å²) in [4.78, 5) is 11.8. The number of rotatable bonds is 1. The summed E-state index contributed by atoms with van der Waals surface area (Å²) in [5, 5.41) is 0. The molecule has 1 unspecified atom stereocenters. The third kappa shape index (κ3) is 2.02. The van der Waals surface area contributed by atoms with E-state index in [0.717, 1.165) is 12.8 Å². The number of esters is 1. The average molecular weight is 232 g/mol. The molecule has 0 amide bonds. The molecule has 0 bridgehead atoms. The van der Waals surface area contributed by atoms with E-state index in [1.807, 2.05) is 18.2 Å². The van der Waals surface area contributed by atoms with Gasteiger partial charge >= 0.3 is 5.97 Å². The number of carbonyl (C=O) groups excluding carboxylic acids is 1. The van der Waals surface area contributed by atoms with Crippen LogP contribution in [0.3, 0.4) is 0 Å². The Balaban J connectivity index is 1.80. The first-order chi connectivity index (χ1) is 8.34. The van der Waals surface area contributed by atoms with Crippen LogP contribution in [0.1, 0.15) is 42.5 Å². The summed E-state index contributed by atoms with van der Waals surface area (Å²) in [5.74, 6) is 0.780. The van der Waals surface area contributed by atoms with Crippen LogP contribution in [-0.4, -0.2) is 12.3 Å². The van der Waals surface area contributed by atoms with Gasteiger partial charge in [0.25, 0.3) is 0 Å². The van der Waals surface area contributed by atoms with Crippen molar-refractivity contribution in [3.05, 3.63) is 29.8 Å². The van der Waals surface area contributed by atoms with Crippen LogP contribution in [0, 0.1) is 5.92 Å². The number of hydrogen-bond acceptors (Lipinski definition) is 3. The topological polar surface area (TPSA) is 35.5 Å². The lowest BCUT2D eigenvalue weighted by Crippen LogP contribution is -2.37. The van der Waals surface area contributed by atoms with E-state index in [2.05, 4.69) is 0 Å². The maximum atomic E-state index is 11.8. The Labute approximate surface area is 101 Å². The lowest BCUT2D eigenvalue weighted by molar-refractivity contribution is -0.0986. The van der Waals surface area contributed by atoms with E-state index in [9.17, 15) is 4.79 Å². The van der Waals surface area contributed by atoms with Gasteiger partial charge in [-0.05, 0) is 25.0 Å². The highest BCUT2D eigenvalue weighted by atomic mass is 16.7. The van der Waals surface area contributed by atoms with Crippen LogP contribution in [0.15, 0.2) is 24.3 Å². The molecule has 1 saturated carbocycles. The van der Waals surface area contributed by atoms with Gasteiger partial charge in [0, 0.05) is 5.92 Å². The van der Waals surface area contributed by atoms with Gasteiger partial charge in [-0.2, -0.15) is 0 Å². The fourth-order valence-corrected chi connectivity index (χ4v) is 2.66. The minimum Gasteiger partial charge on any atom is -0.454 e. The molecular weight excluding hydrogens is 216 g/mol. The smallest absolute Gasteiger partial charge is 0.345 e. The van der Waals surface area contributed by atoms with Crippen LogP contribution in [0.25, 0.3) is 0 Å². The molecule has 1 fully saturated rings. The monoisotopic (exact) mass is 232 g/mol. The SMILES string of the molecule is O=C1OC(C2CCCCC2)Oc2ccccc21. The number of para-hydroxylation sites is 1. The largest absolute Gasteiger partial charge is 0.454 e. The van der Waals surface area contributed by atoms with Gasteiger partial charge in [-0.3, -0.25) is 0 Å². The zero-order valence-electron chi connectivity index (χ0n) is 9.72. The molecule has 3 heteroatoms. The number of hydrogen-bond donors (Lipinski definition) is 0. The van der Waals surface area contributed by atoms with Gasteiger partial charge in [0.2, 0.25) is 6.29 Å². The molecule has 1 aromatic carbocycles. The third-order valence-electron chi connectivity index (χ3n) is 3.61. The standard InChI is InChI=1S/C14H16O3/c15-13-11-8-4-5-9-12(11)16-14(17-13)10-6-2-1-3-7-10/h4-5,8-10,14H,1-3,6-7H2. The first-order valence-electron chi connectivity index (χ1n) is 6.31. The molecule has 1 aromatic rings. The van der Waals surface area contributed by atoms with E-state index in [0.29, 0.717) is 17.2 Å². The predicted molar refractivity (Wildman–Crippen MR) is 62.8 cm³/mol. The van der Waals surface area contributed by atoms with Crippen molar-refractivity contribution in [1.82, 2.24) is 0 Å². The lowest BCUT2D eigenvalue weighted by atomic mass is 9.88. The quantitative estimate of drug-likeness (QED) is 0.698. The zero-order chi connectivity index (χ0) is 11.7. The van der Waals surface area contributed by atoms with E-state index in [4.69, 9.17) is 9.47 Å². The molecule has 1 heterocycles. The molecule has 0 saturated heterocycles. The minimum absolute atomic E-state index is 0.248. The Kier molecular flexibility index (Phi) is 2.75. The van der Waals surface area contributed by atoms with Crippen LogP contribution < -0.4 is 4.74 Å². The first-order valence-corrected chi connectivity index (χ1v) is 6.31. The molecule has 1 aliphatic carbocycles. The van der Waals surface area contributed by atoms with Crippen molar-refractivity contribution in [3.8, 4) is 5.75 Å². The molecule has 0 spiro atoms. The van der Waals surface area contributed by atoms with Gasteiger partial charge < -0.3 is 9.47 Å². The molecule has 90 valence electrons. The summed E-state index contributed by atoms with van der Waals surface area (Å²) in [6.07, 6.45) is 5.53. The number of carbonyl (C=O) groups is 1. The zero-order valence-corrected chi connectivity index (χ0v) is 9.72. The summed E-state index contributed by atoms with van der Waals surface area (Å²) in [7, 11) is 0. The molecule has 0 radical (unpaired) electrons. The van der Waals surface area contributed by atoms with Crippen molar-refractivity contribution >= 4 is 5.97 Å². The number of cyclic esters (lactones) is 1. The molecule has 2 aliphatic rings. The van der Waals surface area contributed by atoms with Crippen LogP contribution in [0.2, 0.25) is 0 Å². The predicted octanol–water partition coefficient (Wildman–Crippen LogP) is 3.14. The van der Waals surface area contributed by atoms with Crippen LogP contribution in [0.5, 0.6) is 5.75 Å². The molecule has 3 nitrogen and oxygen atoms in total. The molecular formula is C14H16O3. The molecule has 1 aliphatic heterocycles. The van der Waals surface area contributed by atoms with Gasteiger partial charge in [-0.15, -0.1) is 0 Å². The Morgan fingerprint density at radius 3 is 2.59 bits per heavy atom. The highest BCUT2D eigenvalue weighted by Crippen LogP contribution is 2.34. The Morgan fingerprint density at radius 1 is 1.00 bits per heavy atom. The second kappa shape index (κ2) is 4.40. The summed E-state index contributed by atoms with van der Waals surface area (Å²) in [6, 6.07) is 7.29. The lowest BCUT2D eigenvalue weighted by Gasteiger charge is -2.33. The molecule has 0 aromatic heterocycles. The maximum absolute atomic E-state index is 11.8. The normalized spacial score (nSPS) is 24.7. The van der Waals surface area contributed by atoms with E-state index in [1.165, 1.54) is 19.3 Å². The fraction of sp³-hybridized carbons (Fsp3) is 0.500. The van der Waals surface area contributed by atoms with Crippen LogP contribution in [0.4, 0.5) is 0 Å². The summed E-state index contributed by atoms with van der Waals surface area (Å²) in [6.45, 7) is 0. The van der Waals surface area contributed by atoms with Crippen molar-refractivity contribution < 1.29 is 14.3 Å². The van der Waals surface area contributed by atoms with Crippen molar-refractivity contribution in [2.75, 3.05) is 0 Å². The van der Waals surface area contributed by atoms with Gasteiger partial charge in [0.15, 0.2) is 0 Å². The molecule has 0 N–H and O–H groups in total. The highest BCUT2D eigenvalue weighted by Gasteiger charge is 2.33. The first kappa shape index (κ1) is 10.6. The Hall–Kier alpha value is -1.51. The second-order valence-electron chi connectivity index (χ2n) is 4.79. The van der Waals surface area contributed by atoms with E-state index in [-0.39, 0.29) is 12.3 Å². The summed E-state index contributed by atoms with van der Waals surface area (Å²) < 4.78 is 11.2. The number of fused-ring (bicyclic) bond motifs is 1. The van der Waals surface area contributed by atoms with E-state index in [1.54, 1.807) is 6.07 Å². The van der Waals surface area contributed by atoms with Crippen molar-refractivity contribution in [2.24, 2.45) is 5.92 Å². The van der Waals surface area contributed by atoms with Gasteiger partial charge in [-0.25, -0.2) is 4.79 Å². The van der Waals surface area contributed by atoms with Crippen molar-refractivity contribution in [2.45, 2.75) is 38.4 Å². The average Bonchev–Trinajstić information content (AvgIpc) is 2.40. The number of benzene rings is 1. The van der Waals surface area contributed by atoms with Gasteiger partial charge in [0.05, 0.1) is 0 Å². The van der Waals surface area contributed by atoms with Crippen LogP contribution in [-0.2, 0) is 4.74 Å². The summed E-state index contributed by atoms with van der Waals surface area (Å²) in [5.41, 5.74) is 0.541. The van der Waals surface area contributed by atoms with Gasteiger partial charge in [-0.1, -0.05) is 31.4 Å². The third-order valence-corrected chi connectivity index (χ3v) is 3.61. The van der Waals surface area contributed by atoms with Crippen molar-refractivity contribution in [1.29, 1.82) is 0 Å². The van der Waals surface area contributed by atoms with Gasteiger partial charge in [0.1, 0.15) is 11.3 Å². The van der Waals surface area contributed by atoms with E-state index < -0.39 is 0 Å². The fourth-order valence-electron chi connectivity index (χ4n) is 2.66. The molecule has 17 heavy (non-hydrogen) atoms. The molecule has 3 rings (SSSR count). The van der Waals surface area contributed by atoms with Crippen LogP contribution >= 0.6 is 0 Å². The Morgan fingerprint density at radius 2 is 1.76 bits per heavy atom. The van der Waals surface area contributed by atoms with E-state index >= 15 is 0 Å². The maximum Gasteiger partial charge on any atom is 0.345 e. The minimum atomic E-state index is -0.377.